The summed E-state index contributed by atoms with van der Waals surface area (Å²) in [5, 5.41) is 21.6. The van der Waals surface area contributed by atoms with Crippen molar-refractivity contribution in [1.29, 1.82) is 5.26 Å². The first kappa shape index (κ1) is 19.1. The molecular formula is C29H29NO. The molecular weight excluding hydrogens is 378 g/mol. The second-order valence-corrected chi connectivity index (χ2v) is 10.4. The lowest BCUT2D eigenvalue weighted by Crippen LogP contribution is -2.32. The van der Waals surface area contributed by atoms with Crippen molar-refractivity contribution < 1.29 is 5.11 Å². The van der Waals surface area contributed by atoms with E-state index < -0.39 is 0 Å². The maximum atomic E-state index is 10.2. The zero-order valence-corrected chi connectivity index (χ0v) is 18.0. The molecule has 4 unspecified atom stereocenters. The second-order valence-electron chi connectivity index (χ2n) is 10.4. The van der Waals surface area contributed by atoms with Crippen molar-refractivity contribution in [2.75, 3.05) is 0 Å². The predicted molar refractivity (Wildman–Crippen MR) is 124 cm³/mol. The van der Waals surface area contributed by atoms with E-state index in [1.165, 1.54) is 61.6 Å². The van der Waals surface area contributed by atoms with Gasteiger partial charge in [0.1, 0.15) is 0 Å². The summed E-state index contributed by atoms with van der Waals surface area (Å²) in [5.74, 6) is 2.65. The van der Waals surface area contributed by atoms with Gasteiger partial charge in [-0.1, -0.05) is 55.7 Å². The molecule has 3 aromatic carbocycles. The van der Waals surface area contributed by atoms with Crippen LogP contribution >= 0.6 is 0 Å². The summed E-state index contributed by atoms with van der Waals surface area (Å²) in [4.78, 5) is 0. The molecule has 156 valence electrons. The van der Waals surface area contributed by atoms with Crippen LogP contribution in [0.15, 0.2) is 54.6 Å². The molecule has 0 aliphatic heterocycles. The Balaban J connectivity index is 1.44. The number of rotatable bonds is 3. The van der Waals surface area contributed by atoms with Crippen LogP contribution in [0.5, 0.6) is 0 Å². The molecule has 0 spiro atoms. The Bertz CT molecular complexity index is 1200. The lowest BCUT2D eigenvalue weighted by atomic mass is 9.65. The number of fused-ring (bicyclic) bond motifs is 3. The molecule has 2 heteroatoms. The van der Waals surface area contributed by atoms with Crippen LogP contribution < -0.4 is 0 Å². The number of aliphatic hydroxyl groups is 1. The van der Waals surface area contributed by atoms with Gasteiger partial charge in [0.05, 0.1) is 18.2 Å². The Morgan fingerprint density at radius 1 is 0.871 bits per heavy atom. The summed E-state index contributed by atoms with van der Waals surface area (Å²) in [6.07, 6.45) is 9.61. The molecule has 0 radical (unpaired) electrons. The zero-order chi connectivity index (χ0) is 21.0. The summed E-state index contributed by atoms with van der Waals surface area (Å²) in [7, 11) is 0. The third kappa shape index (κ3) is 3.10. The Morgan fingerprint density at radius 2 is 1.65 bits per heavy atom. The van der Waals surface area contributed by atoms with Gasteiger partial charge in [-0.3, -0.25) is 0 Å². The molecule has 6 rings (SSSR count). The normalized spacial score (nSPS) is 29.1. The number of hydrogen-bond acceptors (Lipinski definition) is 2. The highest BCUT2D eigenvalue weighted by Gasteiger charge is 2.52. The van der Waals surface area contributed by atoms with Crippen LogP contribution in [-0.2, 0) is 12.0 Å². The van der Waals surface area contributed by atoms with Crippen molar-refractivity contribution in [2.24, 2.45) is 17.8 Å². The number of hydrogen-bond donors (Lipinski definition) is 1. The molecule has 0 aromatic heterocycles. The maximum Gasteiger partial charge on any atom is 0.0991 e. The molecule has 3 bridgehead atoms. The predicted octanol–water partition coefficient (Wildman–Crippen LogP) is 6.73. The number of benzene rings is 3. The second kappa shape index (κ2) is 7.21. The van der Waals surface area contributed by atoms with Crippen molar-refractivity contribution >= 4 is 10.8 Å². The summed E-state index contributed by atoms with van der Waals surface area (Å²) in [6, 6.07) is 21.4. The summed E-state index contributed by atoms with van der Waals surface area (Å²) < 4.78 is 0. The summed E-state index contributed by atoms with van der Waals surface area (Å²) in [6.45, 7) is 0.131. The minimum absolute atomic E-state index is 0.131. The largest absolute Gasteiger partial charge is 0.392 e. The number of aliphatic hydroxyl groups excluding tert-OH is 1. The number of nitrogens with zero attached hydrogens (tertiary/aromatic N) is 1. The van der Waals surface area contributed by atoms with Crippen molar-refractivity contribution in [3.8, 4) is 17.2 Å². The van der Waals surface area contributed by atoms with Gasteiger partial charge in [-0.25, -0.2) is 0 Å². The van der Waals surface area contributed by atoms with Crippen LogP contribution in [0.3, 0.4) is 0 Å². The van der Waals surface area contributed by atoms with E-state index in [0.29, 0.717) is 5.56 Å². The average molecular weight is 408 g/mol. The Kier molecular flexibility index (Phi) is 4.44. The maximum absolute atomic E-state index is 10.2. The Labute approximate surface area is 184 Å². The molecule has 0 heterocycles. The van der Waals surface area contributed by atoms with Gasteiger partial charge in [0.2, 0.25) is 0 Å². The van der Waals surface area contributed by atoms with Gasteiger partial charge >= 0.3 is 0 Å². The molecule has 3 aliphatic rings. The SMILES string of the molecule is N#Cc1ccc2cc(-c3ccc(CO)c(C45CC6CCCC(C4)C(C6)C5)c3)ccc2c1. The average Bonchev–Trinajstić information content (AvgIpc) is 2.98. The van der Waals surface area contributed by atoms with Crippen LogP contribution in [0.1, 0.15) is 61.6 Å². The highest BCUT2D eigenvalue weighted by Crippen LogP contribution is 2.61. The number of nitriles is 1. The topological polar surface area (TPSA) is 44.0 Å². The standard InChI is InChI=1S/C29H29NO/c30-17-20-4-5-22-12-23(7-6-21(22)11-20)24-8-9-26(18-31)28(13-24)29-14-19-2-1-3-25(15-29)27(10-19)16-29/h4-9,11-13,19,25,27,31H,1-3,10,14-16,18H2. The fourth-order valence-electron chi connectivity index (χ4n) is 7.37. The van der Waals surface area contributed by atoms with E-state index in [1.54, 1.807) is 0 Å². The zero-order valence-electron chi connectivity index (χ0n) is 18.0. The molecule has 3 fully saturated rings. The molecule has 1 N–H and O–H groups in total. The molecule has 3 aromatic rings. The molecule has 4 atom stereocenters. The van der Waals surface area contributed by atoms with E-state index >= 15 is 0 Å². The summed E-state index contributed by atoms with van der Waals surface area (Å²) in [5.41, 5.74) is 5.98. The molecule has 0 saturated heterocycles. The molecule has 31 heavy (non-hydrogen) atoms. The van der Waals surface area contributed by atoms with Gasteiger partial charge in [0.25, 0.3) is 0 Å². The minimum atomic E-state index is 0.131. The van der Waals surface area contributed by atoms with E-state index in [2.05, 4.69) is 42.5 Å². The van der Waals surface area contributed by atoms with Crippen LogP contribution in [0.25, 0.3) is 21.9 Å². The Morgan fingerprint density at radius 3 is 2.52 bits per heavy atom. The molecule has 3 saturated carbocycles. The Hall–Kier alpha value is -2.63. The van der Waals surface area contributed by atoms with Crippen LogP contribution in [0.4, 0.5) is 0 Å². The van der Waals surface area contributed by atoms with Crippen molar-refractivity contribution in [2.45, 2.75) is 57.0 Å². The first-order chi connectivity index (χ1) is 15.2. The van der Waals surface area contributed by atoms with Gasteiger partial charge in [-0.05, 0) is 100 Å². The van der Waals surface area contributed by atoms with E-state index in [-0.39, 0.29) is 12.0 Å². The van der Waals surface area contributed by atoms with Gasteiger partial charge in [-0.15, -0.1) is 0 Å². The molecule has 3 aliphatic carbocycles. The molecule has 2 nitrogen and oxygen atoms in total. The van der Waals surface area contributed by atoms with E-state index in [1.807, 2.05) is 18.2 Å². The third-order valence-corrected chi connectivity index (χ3v) is 8.63. The van der Waals surface area contributed by atoms with Gasteiger partial charge < -0.3 is 5.11 Å². The quantitative estimate of drug-likeness (QED) is 0.523. The van der Waals surface area contributed by atoms with Gasteiger partial charge in [0.15, 0.2) is 0 Å². The highest BCUT2D eigenvalue weighted by atomic mass is 16.3. The van der Waals surface area contributed by atoms with Crippen LogP contribution in [0.2, 0.25) is 0 Å². The van der Waals surface area contributed by atoms with Crippen LogP contribution in [-0.4, -0.2) is 5.11 Å². The van der Waals surface area contributed by atoms with E-state index in [4.69, 9.17) is 0 Å². The lowest BCUT2D eigenvalue weighted by molar-refractivity contribution is 0.213. The van der Waals surface area contributed by atoms with Gasteiger partial charge in [0, 0.05) is 0 Å². The lowest BCUT2D eigenvalue weighted by Gasteiger charge is -2.40. The van der Waals surface area contributed by atoms with Crippen molar-refractivity contribution in [1.82, 2.24) is 0 Å². The smallest absolute Gasteiger partial charge is 0.0991 e. The first-order valence-electron chi connectivity index (χ1n) is 11.9. The fourth-order valence-corrected chi connectivity index (χ4v) is 7.37. The van der Waals surface area contributed by atoms with Crippen molar-refractivity contribution in [3.05, 3.63) is 71.3 Å². The monoisotopic (exact) mass is 407 g/mol. The van der Waals surface area contributed by atoms with Gasteiger partial charge in [-0.2, -0.15) is 5.26 Å². The van der Waals surface area contributed by atoms with Crippen molar-refractivity contribution in [3.63, 3.8) is 0 Å². The summed E-state index contributed by atoms with van der Waals surface area (Å²) >= 11 is 0. The first-order valence-corrected chi connectivity index (χ1v) is 11.9. The van der Waals surface area contributed by atoms with Crippen LogP contribution in [0, 0.1) is 29.1 Å². The highest BCUT2D eigenvalue weighted by molar-refractivity contribution is 5.88. The fraction of sp³-hybridized carbons (Fsp3) is 0.414. The third-order valence-electron chi connectivity index (χ3n) is 8.63. The van der Waals surface area contributed by atoms with E-state index in [0.717, 1.165) is 34.1 Å². The van der Waals surface area contributed by atoms with E-state index in [9.17, 15) is 10.4 Å². The molecule has 0 amide bonds. The minimum Gasteiger partial charge on any atom is -0.392 e.